The number of rotatable bonds is 5. The monoisotopic (exact) mass is 336 g/mol. The maximum absolute atomic E-state index is 12.6. The van der Waals surface area contributed by atoms with Crippen LogP contribution in [-0.4, -0.2) is 29.8 Å². The van der Waals surface area contributed by atoms with E-state index in [0.29, 0.717) is 13.0 Å². The number of carbonyl (C=O) groups is 2. The van der Waals surface area contributed by atoms with Crippen molar-refractivity contribution in [1.29, 1.82) is 0 Å². The molecule has 1 aromatic rings. The number of alkyl halides is 3. The summed E-state index contributed by atoms with van der Waals surface area (Å²) in [7, 11) is 0. The highest BCUT2D eigenvalue weighted by atomic mass is 35.5. The molecule has 122 valence electrons. The number of nitrogens with one attached hydrogen (secondary N) is 1. The second-order valence-electron chi connectivity index (χ2n) is 4.68. The van der Waals surface area contributed by atoms with Crippen LogP contribution in [0, 0.1) is 0 Å². The van der Waals surface area contributed by atoms with Gasteiger partial charge in [-0.25, -0.2) is 0 Å². The predicted octanol–water partition coefficient (Wildman–Crippen LogP) is 3.56. The summed E-state index contributed by atoms with van der Waals surface area (Å²) in [5.74, 6) is -0.892. The van der Waals surface area contributed by atoms with Gasteiger partial charge in [0.05, 0.1) is 22.8 Å². The standard InChI is InChI=1S/C14H16ClF3N2O2/c1-3-6-20(9(2)21)8-13(22)19-12-7-10(14(16,17)18)4-5-11(12)15/h4-5,7H,3,6,8H2,1-2H3,(H,19,22). The van der Waals surface area contributed by atoms with Crippen LogP contribution >= 0.6 is 11.6 Å². The molecule has 0 saturated carbocycles. The zero-order valence-corrected chi connectivity index (χ0v) is 12.9. The molecule has 0 atom stereocenters. The average molecular weight is 337 g/mol. The lowest BCUT2D eigenvalue weighted by Crippen LogP contribution is -2.37. The van der Waals surface area contributed by atoms with Gasteiger partial charge in [0.1, 0.15) is 0 Å². The number of halogens is 4. The minimum Gasteiger partial charge on any atom is -0.334 e. The number of hydrogen-bond donors (Lipinski definition) is 1. The van der Waals surface area contributed by atoms with E-state index in [1.807, 2.05) is 6.92 Å². The Morgan fingerprint density at radius 3 is 2.45 bits per heavy atom. The number of benzene rings is 1. The number of nitrogens with zero attached hydrogens (tertiary/aromatic N) is 1. The van der Waals surface area contributed by atoms with Crippen molar-refractivity contribution in [3.63, 3.8) is 0 Å². The van der Waals surface area contributed by atoms with Gasteiger partial charge in [-0.1, -0.05) is 18.5 Å². The van der Waals surface area contributed by atoms with E-state index in [4.69, 9.17) is 11.6 Å². The first kappa shape index (κ1) is 18.3. The zero-order chi connectivity index (χ0) is 16.9. The van der Waals surface area contributed by atoms with Crippen LogP contribution in [0.25, 0.3) is 0 Å². The molecule has 0 spiro atoms. The molecule has 2 amide bonds. The van der Waals surface area contributed by atoms with Gasteiger partial charge in [0.2, 0.25) is 11.8 Å². The smallest absolute Gasteiger partial charge is 0.334 e. The second kappa shape index (κ2) is 7.49. The van der Waals surface area contributed by atoms with Crippen molar-refractivity contribution < 1.29 is 22.8 Å². The van der Waals surface area contributed by atoms with E-state index < -0.39 is 17.6 Å². The van der Waals surface area contributed by atoms with Crippen molar-refractivity contribution in [1.82, 2.24) is 4.90 Å². The normalized spacial score (nSPS) is 11.2. The highest BCUT2D eigenvalue weighted by molar-refractivity contribution is 6.33. The largest absolute Gasteiger partial charge is 0.416 e. The molecule has 0 heterocycles. The molecule has 8 heteroatoms. The Bertz CT molecular complexity index is 562. The Morgan fingerprint density at radius 1 is 1.32 bits per heavy atom. The summed E-state index contributed by atoms with van der Waals surface area (Å²) in [5.41, 5.74) is -1.05. The predicted molar refractivity (Wildman–Crippen MR) is 77.6 cm³/mol. The van der Waals surface area contributed by atoms with E-state index in [1.165, 1.54) is 11.8 Å². The van der Waals surface area contributed by atoms with Crippen LogP contribution in [0.1, 0.15) is 25.8 Å². The van der Waals surface area contributed by atoms with Crippen molar-refractivity contribution in [3.8, 4) is 0 Å². The van der Waals surface area contributed by atoms with E-state index in [2.05, 4.69) is 5.32 Å². The van der Waals surface area contributed by atoms with E-state index in [0.717, 1.165) is 18.2 Å². The molecule has 0 bridgehead atoms. The fourth-order valence-corrected chi connectivity index (χ4v) is 1.94. The van der Waals surface area contributed by atoms with Gasteiger partial charge in [-0.2, -0.15) is 13.2 Å². The number of carbonyl (C=O) groups excluding carboxylic acids is 2. The summed E-state index contributed by atoms with van der Waals surface area (Å²) in [5, 5.41) is 2.29. The molecule has 1 aromatic carbocycles. The quantitative estimate of drug-likeness (QED) is 0.894. The van der Waals surface area contributed by atoms with E-state index in [1.54, 1.807) is 0 Å². The van der Waals surface area contributed by atoms with Gasteiger partial charge >= 0.3 is 6.18 Å². The zero-order valence-electron chi connectivity index (χ0n) is 12.1. The third kappa shape index (κ3) is 5.22. The highest BCUT2D eigenvalue weighted by Crippen LogP contribution is 2.33. The summed E-state index contributed by atoms with van der Waals surface area (Å²) in [6, 6.07) is 2.66. The van der Waals surface area contributed by atoms with Crippen LogP contribution in [0.3, 0.4) is 0 Å². The lowest BCUT2D eigenvalue weighted by molar-refractivity contribution is -0.137. The van der Waals surface area contributed by atoms with Crippen molar-refractivity contribution >= 4 is 29.1 Å². The maximum atomic E-state index is 12.6. The van der Waals surface area contributed by atoms with Crippen LogP contribution < -0.4 is 5.32 Å². The highest BCUT2D eigenvalue weighted by Gasteiger charge is 2.31. The van der Waals surface area contributed by atoms with Crippen molar-refractivity contribution in [2.75, 3.05) is 18.4 Å². The van der Waals surface area contributed by atoms with Gasteiger partial charge in [-0.05, 0) is 24.6 Å². The molecule has 1 N–H and O–H groups in total. The van der Waals surface area contributed by atoms with Crippen molar-refractivity contribution in [3.05, 3.63) is 28.8 Å². The summed E-state index contributed by atoms with van der Waals surface area (Å²) < 4.78 is 37.9. The van der Waals surface area contributed by atoms with Gasteiger partial charge in [0.25, 0.3) is 0 Å². The molecule has 0 fully saturated rings. The minimum absolute atomic E-state index is 0.00813. The molecule has 0 aliphatic carbocycles. The molecule has 0 aromatic heterocycles. The van der Waals surface area contributed by atoms with Crippen LogP contribution in [0.15, 0.2) is 18.2 Å². The topological polar surface area (TPSA) is 49.4 Å². The molecule has 0 aliphatic rings. The van der Waals surface area contributed by atoms with Crippen LogP contribution in [-0.2, 0) is 15.8 Å². The van der Waals surface area contributed by atoms with Crippen LogP contribution in [0.4, 0.5) is 18.9 Å². The Hall–Kier alpha value is -1.76. The third-order valence-electron chi connectivity index (χ3n) is 2.84. The molecule has 1 rings (SSSR count). The van der Waals surface area contributed by atoms with Gasteiger partial charge in [-0.3, -0.25) is 9.59 Å². The Morgan fingerprint density at radius 2 is 1.95 bits per heavy atom. The first-order valence-electron chi connectivity index (χ1n) is 6.57. The molecular weight excluding hydrogens is 321 g/mol. The molecule has 0 radical (unpaired) electrons. The molecular formula is C14H16ClF3N2O2. The molecule has 0 aliphatic heterocycles. The van der Waals surface area contributed by atoms with Gasteiger partial charge < -0.3 is 10.2 Å². The Balaban J connectivity index is 2.85. The van der Waals surface area contributed by atoms with Crippen molar-refractivity contribution in [2.24, 2.45) is 0 Å². The fourth-order valence-electron chi connectivity index (χ4n) is 1.78. The molecule has 0 unspecified atom stereocenters. The average Bonchev–Trinajstić information content (AvgIpc) is 2.39. The van der Waals surface area contributed by atoms with Gasteiger partial charge in [0, 0.05) is 13.5 Å². The Labute approximate surface area is 131 Å². The van der Waals surface area contributed by atoms with Crippen LogP contribution in [0.5, 0.6) is 0 Å². The lowest BCUT2D eigenvalue weighted by Gasteiger charge is -2.20. The lowest BCUT2D eigenvalue weighted by atomic mass is 10.2. The molecule has 0 saturated heterocycles. The maximum Gasteiger partial charge on any atom is 0.416 e. The summed E-state index contributed by atoms with van der Waals surface area (Å²) in [6.07, 6.45) is -3.87. The second-order valence-corrected chi connectivity index (χ2v) is 5.09. The summed E-state index contributed by atoms with van der Waals surface area (Å²) in [4.78, 5) is 24.5. The minimum atomic E-state index is -4.53. The van der Waals surface area contributed by atoms with E-state index >= 15 is 0 Å². The van der Waals surface area contributed by atoms with Crippen LogP contribution in [0.2, 0.25) is 5.02 Å². The van der Waals surface area contributed by atoms with Gasteiger partial charge in [-0.15, -0.1) is 0 Å². The Kier molecular flexibility index (Phi) is 6.22. The first-order chi connectivity index (χ1) is 10.1. The number of anilines is 1. The van der Waals surface area contributed by atoms with Crippen molar-refractivity contribution in [2.45, 2.75) is 26.4 Å². The molecule has 22 heavy (non-hydrogen) atoms. The van der Waals surface area contributed by atoms with E-state index in [9.17, 15) is 22.8 Å². The SMILES string of the molecule is CCCN(CC(=O)Nc1cc(C(F)(F)F)ccc1Cl)C(C)=O. The third-order valence-corrected chi connectivity index (χ3v) is 3.17. The number of amides is 2. The first-order valence-corrected chi connectivity index (χ1v) is 6.95. The number of hydrogen-bond acceptors (Lipinski definition) is 2. The molecule has 4 nitrogen and oxygen atoms in total. The fraction of sp³-hybridized carbons (Fsp3) is 0.429. The summed E-state index contributed by atoms with van der Waals surface area (Å²) in [6.45, 7) is 3.31. The van der Waals surface area contributed by atoms with E-state index in [-0.39, 0.29) is 23.2 Å². The van der Waals surface area contributed by atoms with Gasteiger partial charge in [0.15, 0.2) is 0 Å². The summed E-state index contributed by atoms with van der Waals surface area (Å²) >= 11 is 5.79.